The van der Waals surface area contributed by atoms with Crippen LogP contribution in [0.1, 0.15) is 36.5 Å². The Hall–Kier alpha value is -3.41. The Morgan fingerprint density at radius 2 is 1.89 bits per heavy atom. The molecule has 0 aromatic heterocycles. The summed E-state index contributed by atoms with van der Waals surface area (Å²) in [7, 11) is 1.66. The van der Waals surface area contributed by atoms with Gasteiger partial charge in [0.2, 0.25) is 5.91 Å². The predicted octanol–water partition coefficient (Wildman–Crippen LogP) is 3.44. The van der Waals surface area contributed by atoms with Gasteiger partial charge in [0.1, 0.15) is 17.3 Å². The minimum Gasteiger partial charge on any atom is -0.508 e. The van der Waals surface area contributed by atoms with Gasteiger partial charge >= 0.3 is 0 Å². The number of fused-ring (bicyclic) bond motifs is 2. The number of aliphatic imine (C=N–C) groups is 2. The normalized spacial score (nSPS) is 15.6. The number of aromatic hydroxyl groups is 1. The van der Waals surface area contributed by atoms with Gasteiger partial charge in [0.25, 0.3) is 0 Å². The lowest BCUT2D eigenvalue weighted by atomic mass is 9.92. The Balaban J connectivity index is 1.86. The maximum absolute atomic E-state index is 11.6. The van der Waals surface area contributed by atoms with Crippen LogP contribution >= 0.6 is 0 Å². The summed E-state index contributed by atoms with van der Waals surface area (Å²) in [5, 5.41) is 12.4. The SMILES string of the molecule is COc1ccc2c(c1)CCC1=C2N=C(c2ccc(O)cc2)CC(NC(C)=O)=N1. The Kier molecular flexibility index (Phi) is 4.69. The third kappa shape index (κ3) is 3.53. The number of rotatable bonds is 2. The molecule has 142 valence electrons. The second kappa shape index (κ2) is 7.31. The van der Waals surface area contributed by atoms with Crippen molar-refractivity contribution in [2.45, 2.75) is 26.2 Å². The van der Waals surface area contributed by atoms with Crippen molar-refractivity contribution in [3.05, 3.63) is 64.9 Å². The molecule has 2 aliphatic rings. The summed E-state index contributed by atoms with van der Waals surface area (Å²) in [4.78, 5) is 21.3. The van der Waals surface area contributed by atoms with Crippen LogP contribution in [-0.4, -0.2) is 29.7 Å². The van der Waals surface area contributed by atoms with Crippen molar-refractivity contribution in [3.63, 3.8) is 0 Å². The molecule has 6 heteroatoms. The number of aryl methyl sites for hydroxylation is 1. The number of carbonyl (C=O) groups is 1. The number of nitrogens with zero attached hydrogens (tertiary/aromatic N) is 2. The van der Waals surface area contributed by atoms with E-state index in [9.17, 15) is 9.90 Å². The van der Waals surface area contributed by atoms with Gasteiger partial charge in [-0.2, -0.15) is 0 Å². The molecule has 0 radical (unpaired) electrons. The molecular formula is C22H21N3O3. The zero-order valence-corrected chi connectivity index (χ0v) is 15.8. The molecule has 0 spiro atoms. The van der Waals surface area contributed by atoms with E-state index in [4.69, 9.17) is 14.7 Å². The van der Waals surface area contributed by atoms with Gasteiger partial charge in [-0.3, -0.25) is 4.79 Å². The van der Waals surface area contributed by atoms with E-state index in [1.54, 1.807) is 19.2 Å². The lowest BCUT2D eigenvalue weighted by molar-refractivity contribution is -0.117. The zero-order chi connectivity index (χ0) is 19.7. The summed E-state index contributed by atoms with van der Waals surface area (Å²) in [5.74, 6) is 1.44. The van der Waals surface area contributed by atoms with E-state index in [2.05, 4.69) is 5.32 Å². The van der Waals surface area contributed by atoms with Crippen LogP contribution in [-0.2, 0) is 11.2 Å². The van der Waals surface area contributed by atoms with Gasteiger partial charge in [-0.25, -0.2) is 9.98 Å². The Labute approximate surface area is 163 Å². The molecule has 0 unspecified atom stereocenters. The van der Waals surface area contributed by atoms with E-state index in [1.165, 1.54) is 12.5 Å². The van der Waals surface area contributed by atoms with E-state index in [0.29, 0.717) is 12.3 Å². The number of hydrogen-bond acceptors (Lipinski definition) is 5. The van der Waals surface area contributed by atoms with Crippen LogP contribution < -0.4 is 10.1 Å². The first-order chi connectivity index (χ1) is 13.5. The molecule has 0 saturated carbocycles. The van der Waals surface area contributed by atoms with E-state index < -0.39 is 0 Å². The van der Waals surface area contributed by atoms with Crippen molar-refractivity contribution in [1.29, 1.82) is 0 Å². The molecule has 1 amide bonds. The van der Waals surface area contributed by atoms with Crippen LogP contribution in [0.15, 0.2) is 58.1 Å². The average Bonchev–Trinajstić information content (AvgIpc) is 2.86. The first-order valence-electron chi connectivity index (χ1n) is 9.16. The monoisotopic (exact) mass is 375 g/mol. The molecule has 2 aromatic rings. The molecule has 4 rings (SSSR count). The van der Waals surface area contributed by atoms with Gasteiger partial charge < -0.3 is 15.2 Å². The van der Waals surface area contributed by atoms with Crippen LogP contribution in [0.25, 0.3) is 5.70 Å². The van der Waals surface area contributed by atoms with Gasteiger partial charge in [0.15, 0.2) is 0 Å². The number of amidine groups is 1. The number of benzene rings is 2. The van der Waals surface area contributed by atoms with Gasteiger partial charge in [-0.15, -0.1) is 0 Å². The van der Waals surface area contributed by atoms with E-state index in [-0.39, 0.29) is 11.7 Å². The van der Waals surface area contributed by atoms with Crippen molar-refractivity contribution in [1.82, 2.24) is 5.32 Å². The van der Waals surface area contributed by atoms with Gasteiger partial charge in [-0.05, 0) is 66.4 Å². The van der Waals surface area contributed by atoms with E-state index in [1.807, 2.05) is 30.3 Å². The first-order valence-corrected chi connectivity index (χ1v) is 9.16. The lowest BCUT2D eigenvalue weighted by Gasteiger charge is -2.19. The Morgan fingerprint density at radius 1 is 1.11 bits per heavy atom. The summed E-state index contributed by atoms with van der Waals surface area (Å²) < 4.78 is 5.35. The maximum Gasteiger partial charge on any atom is 0.222 e. The molecule has 0 bridgehead atoms. The van der Waals surface area contributed by atoms with Crippen LogP contribution in [0.4, 0.5) is 0 Å². The molecule has 28 heavy (non-hydrogen) atoms. The largest absolute Gasteiger partial charge is 0.508 e. The molecule has 1 heterocycles. The second-order valence-corrected chi connectivity index (χ2v) is 6.84. The quantitative estimate of drug-likeness (QED) is 0.843. The maximum atomic E-state index is 11.6. The number of phenolic OH excluding ortho intramolecular Hbond substituents is 1. The third-order valence-electron chi connectivity index (χ3n) is 4.84. The number of amides is 1. The zero-order valence-electron chi connectivity index (χ0n) is 15.8. The number of carbonyl (C=O) groups excluding carboxylic acids is 1. The lowest BCUT2D eigenvalue weighted by Crippen LogP contribution is -2.30. The second-order valence-electron chi connectivity index (χ2n) is 6.84. The summed E-state index contributed by atoms with van der Waals surface area (Å²) in [5.41, 5.74) is 5.57. The predicted molar refractivity (Wildman–Crippen MR) is 109 cm³/mol. The highest BCUT2D eigenvalue weighted by Crippen LogP contribution is 2.36. The van der Waals surface area contributed by atoms with Crippen molar-refractivity contribution >= 4 is 23.2 Å². The number of allylic oxidation sites excluding steroid dienone is 1. The Morgan fingerprint density at radius 3 is 2.61 bits per heavy atom. The number of nitrogens with one attached hydrogen (secondary N) is 1. The number of methoxy groups -OCH3 is 1. The number of phenols is 1. The fourth-order valence-corrected chi connectivity index (χ4v) is 3.53. The summed E-state index contributed by atoms with van der Waals surface area (Å²) in [6.45, 7) is 1.47. The van der Waals surface area contributed by atoms with Crippen LogP contribution in [0.3, 0.4) is 0 Å². The summed E-state index contributed by atoms with van der Waals surface area (Å²) in [6.07, 6.45) is 1.99. The number of hydrogen-bond donors (Lipinski definition) is 2. The fourth-order valence-electron chi connectivity index (χ4n) is 3.53. The highest BCUT2D eigenvalue weighted by Gasteiger charge is 2.24. The first kappa shape index (κ1) is 18.0. The summed E-state index contributed by atoms with van der Waals surface area (Å²) >= 11 is 0. The third-order valence-corrected chi connectivity index (χ3v) is 4.84. The molecule has 6 nitrogen and oxygen atoms in total. The van der Waals surface area contributed by atoms with Crippen molar-refractivity contribution in [3.8, 4) is 11.5 Å². The molecule has 0 fully saturated rings. The smallest absolute Gasteiger partial charge is 0.222 e. The molecule has 0 atom stereocenters. The van der Waals surface area contributed by atoms with Crippen LogP contribution in [0, 0.1) is 0 Å². The average molecular weight is 375 g/mol. The van der Waals surface area contributed by atoms with Crippen LogP contribution in [0.2, 0.25) is 0 Å². The van der Waals surface area contributed by atoms with Crippen LogP contribution in [0.5, 0.6) is 11.5 Å². The van der Waals surface area contributed by atoms with Gasteiger partial charge in [0, 0.05) is 18.9 Å². The molecular weight excluding hydrogens is 354 g/mol. The highest BCUT2D eigenvalue weighted by atomic mass is 16.5. The molecule has 1 aliphatic heterocycles. The van der Waals surface area contributed by atoms with E-state index >= 15 is 0 Å². The molecule has 0 saturated heterocycles. The standard InChI is InChI=1S/C22H21N3O3/c1-13(26)23-21-12-20(14-3-6-16(27)7-4-14)25-22-18-9-8-17(28-2)11-15(18)5-10-19(22)24-21/h3-4,6-9,11,27H,5,10,12H2,1-2H3,(H,23,24,26). The van der Waals surface area contributed by atoms with Crippen molar-refractivity contribution < 1.29 is 14.6 Å². The molecule has 2 aromatic carbocycles. The molecule has 2 N–H and O–H groups in total. The van der Waals surface area contributed by atoms with Crippen molar-refractivity contribution in [2.24, 2.45) is 9.98 Å². The highest BCUT2D eigenvalue weighted by molar-refractivity contribution is 6.17. The van der Waals surface area contributed by atoms with Crippen molar-refractivity contribution in [2.75, 3.05) is 7.11 Å². The van der Waals surface area contributed by atoms with Gasteiger partial charge in [0.05, 0.1) is 24.2 Å². The number of ether oxygens (including phenoxy) is 1. The fraction of sp³-hybridized carbons (Fsp3) is 0.227. The molecule has 1 aliphatic carbocycles. The Bertz CT molecular complexity index is 1030. The summed E-state index contributed by atoms with van der Waals surface area (Å²) in [6, 6.07) is 12.9. The van der Waals surface area contributed by atoms with Gasteiger partial charge in [-0.1, -0.05) is 0 Å². The minimum absolute atomic E-state index is 0.159. The minimum atomic E-state index is -0.159. The van der Waals surface area contributed by atoms with E-state index in [0.717, 1.165) is 46.8 Å². The topological polar surface area (TPSA) is 83.3 Å².